The third-order valence-electron chi connectivity index (χ3n) is 3.09. The summed E-state index contributed by atoms with van der Waals surface area (Å²) in [6.45, 7) is 8.21. The van der Waals surface area contributed by atoms with E-state index in [2.05, 4.69) is 10.6 Å². The molecule has 0 aliphatic carbocycles. The van der Waals surface area contributed by atoms with E-state index in [0.717, 1.165) is 5.56 Å². The molecule has 2 N–H and O–H groups in total. The highest BCUT2D eigenvalue weighted by Gasteiger charge is 2.24. The number of nitrogens with one attached hydrogen (secondary N) is 2. The molecule has 116 valence electrons. The molecule has 21 heavy (non-hydrogen) atoms. The van der Waals surface area contributed by atoms with E-state index in [9.17, 15) is 9.59 Å². The first-order valence-corrected chi connectivity index (χ1v) is 7.20. The van der Waals surface area contributed by atoms with Crippen LogP contribution in [0.1, 0.15) is 31.9 Å². The van der Waals surface area contributed by atoms with Crippen LogP contribution in [0, 0.1) is 12.8 Å². The van der Waals surface area contributed by atoms with E-state index >= 15 is 0 Å². The Morgan fingerprint density at radius 3 is 2.33 bits per heavy atom. The molecule has 0 spiro atoms. The quantitative estimate of drug-likeness (QED) is 0.846. The smallest absolute Gasteiger partial charge is 0.407 e. The Kier molecular flexibility index (Phi) is 6.72. The van der Waals surface area contributed by atoms with Gasteiger partial charge in [0, 0.05) is 6.54 Å². The molecule has 0 aliphatic heterocycles. The van der Waals surface area contributed by atoms with Crippen LogP contribution in [0.4, 0.5) is 4.79 Å². The van der Waals surface area contributed by atoms with Crippen LogP contribution >= 0.6 is 0 Å². The van der Waals surface area contributed by atoms with Crippen molar-refractivity contribution in [3.05, 3.63) is 35.4 Å². The summed E-state index contributed by atoms with van der Waals surface area (Å²) in [6, 6.07) is 7.34. The standard InChI is InChI=1S/C16H24N2O3/c1-5-21-16(20)18-14(11(2)3)15(19)17-10-13-8-6-12(4)7-9-13/h6-9,11,14H,5,10H2,1-4H3,(H,17,19)(H,18,20). The van der Waals surface area contributed by atoms with Crippen LogP contribution < -0.4 is 10.6 Å². The van der Waals surface area contributed by atoms with Crippen molar-refractivity contribution < 1.29 is 14.3 Å². The Morgan fingerprint density at radius 2 is 1.81 bits per heavy atom. The number of hydrogen-bond donors (Lipinski definition) is 2. The summed E-state index contributed by atoms with van der Waals surface area (Å²) in [6.07, 6.45) is -0.568. The number of ether oxygens (including phenoxy) is 1. The molecule has 0 saturated heterocycles. The fourth-order valence-electron chi connectivity index (χ4n) is 1.84. The van der Waals surface area contributed by atoms with Gasteiger partial charge in [-0.05, 0) is 25.3 Å². The van der Waals surface area contributed by atoms with Gasteiger partial charge in [-0.15, -0.1) is 0 Å². The van der Waals surface area contributed by atoms with Crippen molar-refractivity contribution in [3.63, 3.8) is 0 Å². The molecule has 1 aromatic carbocycles. The van der Waals surface area contributed by atoms with Crippen LogP contribution in [0.25, 0.3) is 0 Å². The van der Waals surface area contributed by atoms with Gasteiger partial charge >= 0.3 is 6.09 Å². The molecule has 0 aliphatic rings. The van der Waals surface area contributed by atoms with E-state index in [0.29, 0.717) is 6.54 Å². The van der Waals surface area contributed by atoms with E-state index in [4.69, 9.17) is 4.74 Å². The molecule has 0 saturated carbocycles. The third-order valence-corrected chi connectivity index (χ3v) is 3.09. The fraction of sp³-hybridized carbons (Fsp3) is 0.500. The maximum atomic E-state index is 12.2. The molecule has 0 bridgehead atoms. The zero-order valence-corrected chi connectivity index (χ0v) is 13.1. The third kappa shape index (κ3) is 5.85. The molecule has 2 amide bonds. The molecular formula is C16H24N2O3. The van der Waals surface area contributed by atoms with Crippen molar-refractivity contribution in [2.75, 3.05) is 6.61 Å². The van der Waals surface area contributed by atoms with Gasteiger partial charge in [0.25, 0.3) is 0 Å². The van der Waals surface area contributed by atoms with E-state index in [1.165, 1.54) is 5.56 Å². The molecule has 0 fully saturated rings. The normalized spacial score (nSPS) is 11.9. The molecule has 5 nitrogen and oxygen atoms in total. The minimum atomic E-state index is -0.602. The zero-order chi connectivity index (χ0) is 15.8. The summed E-state index contributed by atoms with van der Waals surface area (Å²) in [7, 11) is 0. The highest BCUT2D eigenvalue weighted by Crippen LogP contribution is 2.05. The second-order valence-corrected chi connectivity index (χ2v) is 5.29. The Labute approximate surface area is 126 Å². The lowest BCUT2D eigenvalue weighted by atomic mass is 10.0. The molecule has 0 heterocycles. The average molecular weight is 292 g/mol. The summed E-state index contributed by atoms with van der Waals surface area (Å²) >= 11 is 0. The van der Waals surface area contributed by atoms with E-state index in [1.54, 1.807) is 6.92 Å². The predicted octanol–water partition coefficient (Wildman–Crippen LogP) is 2.38. The van der Waals surface area contributed by atoms with E-state index < -0.39 is 12.1 Å². The zero-order valence-electron chi connectivity index (χ0n) is 13.1. The van der Waals surface area contributed by atoms with Crippen LogP contribution in [0.2, 0.25) is 0 Å². The average Bonchev–Trinajstić information content (AvgIpc) is 2.44. The SMILES string of the molecule is CCOC(=O)NC(C(=O)NCc1ccc(C)cc1)C(C)C. The lowest BCUT2D eigenvalue weighted by Crippen LogP contribution is -2.49. The van der Waals surface area contributed by atoms with Crippen LogP contribution in [0.5, 0.6) is 0 Å². The molecular weight excluding hydrogens is 268 g/mol. The largest absolute Gasteiger partial charge is 0.450 e. The monoisotopic (exact) mass is 292 g/mol. The van der Waals surface area contributed by atoms with Gasteiger partial charge in [-0.25, -0.2) is 4.79 Å². The number of hydrogen-bond acceptors (Lipinski definition) is 3. The summed E-state index contributed by atoms with van der Waals surface area (Å²) in [5.41, 5.74) is 2.20. The number of aryl methyl sites for hydroxylation is 1. The summed E-state index contributed by atoms with van der Waals surface area (Å²) in [5.74, 6) is -0.231. The lowest BCUT2D eigenvalue weighted by molar-refractivity contribution is -0.124. The first-order valence-electron chi connectivity index (χ1n) is 7.20. The van der Waals surface area contributed by atoms with Gasteiger partial charge in [0.05, 0.1) is 6.61 Å². The summed E-state index contributed by atoms with van der Waals surface area (Å²) in [5, 5.41) is 5.43. The van der Waals surface area contributed by atoms with Crippen molar-refractivity contribution in [2.45, 2.75) is 40.3 Å². The van der Waals surface area contributed by atoms with Gasteiger partial charge in [-0.2, -0.15) is 0 Å². The van der Waals surface area contributed by atoms with Crippen LogP contribution in [-0.2, 0) is 16.1 Å². The molecule has 0 radical (unpaired) electrons. The molecule has 1 aromatic rings. The minimum absolute atomic E-state index is 0.0209. The Morgan fingerprint density at radius 1 is 1.19 bits per heavy atom. The van der Waals surface area contributed by atoms with Gasteiger partial charge < -0.3 is 15.4 Å². The number of carbonyl (C=O) groups is 2. The van der Waals surface area contributed by atoms with Gasteiger partial charge in [0.1, 0.15) is 6.04 Å². The number of carbonyl (C=O) groups excluding carboxylic acids is 2. The topological polar surface area (TPSA) is 67.4 Å². The first-order chi connectivity index (χ1) is 9.93. The highest BCUT2D eigenvalue weighted by atomic mass is 16.5. The Balaban J connectivity index is 2.56. The van der Waals surface area contributed by atoms with Crippen LogP contribution in [0.3, 0.4) is 0 Å². The molecule has 1 unspecified atom stereocenters. The van der Waals surface area contributed by atoms with Gasteiger partial charge in [-0.1, -0.05) is 43.7 Å². The molecule has 1 atom stereocenters. The van der Waals surface area contributed by atoms with Crippen molar-refractivity contribution in [2.24, 2.45) is 5.92 Å². The fourth-order valence-corrected chi connectivity index (χ4v) is 1.84. The van der Waals surface area contributed by atoms with Gasteiger partial charge in [-0.3, -0.25) is 4.79 Å². The maximum Gasteiger partial charge on any atom is 0.407 e. The Hall–Kier alpha value is -2.04. The Bertz CT molecular complexity index is 469. The summed E-state index contributed by atoms with van der Waals surface area (Å²) < 4.78 is 4.82. The number of amides is 2. The van der Waals surface area contributed by atoms with E-state index in [-0.39, 0.29) is 18.4 Å². The maximum absolute atomic E-state index is 12.2. The van der Waals surface area contributed by atoms with Gasteiger partial charge in [0.15, 0.2) is 0 Å². The number of benzene rings is 1. The highest BCUT2D eigenvalue weighted by molar-refractivity contribution is 5.85. The van der Waals surface area contributed by atoms with Crippen LogP contribution in [0.15, 0.2) is 24.3 Å². The summed E-state index contributed by atoms with van der Waals surface area (Å²) in [4.78, 5) is 23.6. The van der Waals surface area contributed by atoms with Gasteiger partial charge in [0.2, 0.25) is 5.91 Å². The van der Waals surface area contributed by atoms with E-state index in [1.807, 2.05) is 45.0 Å². The molecule has 1 rings (SSSR count). The van der Waals surface area contributed by atoms with Crippen molar-refractivity contribution in [1.82, 2.24) is 10.6 Å². The van der Waals surface area contributed by atoms with Crippen molar-refractivity contribution in [3.8, 4) is 0 Å². The van der Waals surface area contributed by atoms with Crippen molar-refractivity contribution in [1.29, 1.82) is 0 Å². The first kappa shape index (κ1) is 17.0. The van der Waals surface area contributed by atoms with Crippen LogP contribution in [-0.4, -0.2) is 24.6 Å². The number of rotatable bonds is 6. The number of alkyl carbamates (subject to hydrolysis) is 1. The lowest BCUT2D eigenvalue weighted by Gasteiger charge is -2.21. The van der Waals surface area contributed by atoms with Crippen molar-refractivity contribution >= 4 is 12.0 Å². The molecule has 0 aromatic heterocycles. The molecule has 5 heteroatoms. The minimum Gasteiger partial charge on any atom is -0.450 e. The predicted molar refractivity (Wildman–Crippen MR) is 81.8 cm³/mol. The second-order valence-electron chi connectivity index (χ2n) is 5.29. The second kappa shape index (κ2) is 8.29.